The van der Waals surface area contributed by atoms with Crippen molar-refractivity contribution >= 4 is 34.7 Å². The largest absolute Gasteiger partial charge is 0.322 e. The molecule has 31 heavy (non-hydrogen) atoms. The summed E-state index contributed by atoms with van der Waals surface area (Å²) >= 11 is 8.13. The van der Waals surface area contributed by atoms with Gasteiger partial charge in [0.05, 0.1) is 12.6 Å². The molecule has 0 radical (unpaired) electrons. The van der Waals surface area contributed by atoms with E-state index in [1.165, 1.54) is 39.5 Å². The number of nitrogens with one attached hydrogen (secondary N) is 1. The SMILES string of the molecule is Cc1ccc(Cl)cc1NC(=O)N1Cc2c(sc3c2CCCC3)-n2cccc2[C@H]1C(C)C. The van der Waals surface area contributed by atoms with Crippen molar-refractivity contribution in [1.29, 1.82) is 0 Å². The summed E-state index contributed by atoms with van der Waals surface area (Å²) in [7, 11) is 0. The van der Waals surface area contributed by atoms with Crippen LogP contribution in [-0.2, 0) is 19.4 Å². The highest BCUT2D eigenvalue weighted by molar-refractivity contribution is 7.15. The maximum Gasteiger partial charge on any atom is 0.322 e. The third kappa shape index (κ3) is 3.58. The molecular formula is C25H28ClN3OS. The summed E-state index contributed by atoms with van der Waals surface area (Å²) in [4.78, 5) is 17.2. The molecule has 5 rings (SSSR count). The fourth-order valence-corrected chi connectivity index (χ4v) is 6.61. The first-order valence-electron chi connectivity index (χ1n) is 11.1. The number of nitrogens with zero attached hydrogens (tertiary/aromatic N) is 2. The number of hydrogen-bond donors (Lipinski definition) is 1. The molecule has 1 aromatic carbocycles. The minimum Gasteiger partial charge on any atom is -0.311 e. The topological polar surface area (TPSA) is 37.3 Å². The Kier molecular flexibility index (Phi) is 5.35. The Hall–Kier alpha value is -2.24. The Bertz CT molecular complexity index is 1150. The standard InChI is InChI=1S/C25H28ClN3OS/c1-15(2)23-21-8-6-12-28(21)24-19(18-7-4-5-9-22(18)31-24)14-29(23)25(30)27-20-13-17(26)11-10-16(20)3/h6,8,10-13,15,23H,4-5,7,9,14H2,1-3H3,(H,27,30)/t23-/m1/s1. The molecule has 0 unspecified atom stereocenters. The van der Waals surface area contributed by atoms with Gasteiger partial charge in [-0.05, 0) is 73.9 Å². The summed E-state index contributed by atoms with van der Waals surface area (Å²) in [5.41, 5.74) is 5.77. The van der Waals surface area contributed by atoms with Crippen molar-refractivity contribution in [3.05, 3.63) is 68.8 Å². The lowest BCUT2D eigenvalue weighted by atomic mass is 9.94. The molecule has 2 amide bonds. The molecule has 6 heteroatoms. The van der Waals surface area contributed by atoms with Crippen molar-refractivity contribution < 1.29 is 4.79 Å². The number of carbonyl (C=O) groups is 1. The molecule has 0 bridgehead atoms. The second-order valence-corrected chi connectivity index (χ2v) is 10.5. The van der Waals surface area contributed by atoms with Crippen LogP contribution in [0.15, 0.2) is 36.5 Å². The van der Waals surface area contributed by atoms with Crippen LogP contribution in [-0.4, -0.2) is 15.5 Å². The van der Waals surface area contributed by atoms with Crippen LogP contribution < -0.4 is 5.32 Å². The molecule has 0 saturated carbocycles. The van der Waals surface area contributed by atoms with Crippen molar-refractivity contribution in [3.8, 4) is 5.00 Å². The Morgan fingerprint density at radius 3 is 2.81 bits per heavy atom. The van der Waals surface area contributed by atoms with Gasteiger partial charge in [-0.3, -0.25) is 0 Å². The van der Waals surface area contributed by atoms with Gasteiger partial charge in [0.25, 0.3) is 0 Å². The first-order chi connectivity index (χ1) is 14.9. The van der Waals surface area contributed by atoms with Gasteiger partial charge in [-0.25, -0.2) is 4.79 Å². The van der Waals surface area contributed by atoms with Crippen LogP contribution in [0.2, 0.25) is 5.02 Å². The molecule has 1 N–H and O–H groups in total. The number of urea groups is 1. The Morgan fingerprint density at radius 2 is 2.00 bits per heavy atom. The minimum absolute atomic E-state index is 0.00618. The molecule has 0 saturated heterocycles. The second kappa shape index (κ2) is 8.03. The normalized spacial score (nSPS) is 17.7. The van der Waals surface area contributed by atoms with Gasteiger partial charge < -0.3 is 14.8 Å². The molecular weight excluding hydrogens is 426 g/mol. The van der Waals surface area contributed by atoms with E-state index in [9.17, 15) is 4.79 Å². The van der Waals surface area contributed by atoms with E-state index >= 15 is 0 Å². The van der Waals surface area contributed by atoms with Crippen LogP contribution in [0.4, 0.5) is 10.5 Å². The monoisotopic (exact) mass is 453 g/mol. The molecule has 1 atom stereocenters. The molecule has 1 aliphatic heterocycles. The van der Waals surface area contributed by atoms with Crippen molar-refractivity contribution in [2.75, 3.05) is 5.32 Å². The number of amides is 2. The third-order valence-corrected chi connectivity index (χ3v) is 8.13. The number of anilines is 1. The van der Waals surface area contributed by atoms with E-state index in [0.29, 0.717) is 11.6 Å². The Balaban J connectivity index is 1.60. The molecule has 3 heterocycles. The van der Waals surface area contributed by atoms with Gasteiger partial charge in [0.1, 0.15) is 5.00 Å². The Labute approximate surface area is 192 Å². The fourth-order valence-electron chi connectivity index (χ4n) is 5.04. The lowest BCUT2D eigenvalue weighted by Crippen LogP contribution is -2.39. The molecule has 0 fully saturated rings. The number of hydrogen-bond acceptors (Lipinski definition) is 2. The van der Waals surface area contributed by atoms with E-state index in [2.05, 4.69) is 42.1 Å². The predicted molar refractivity (Wildman–Crippen MR) is 129 cm³/mol. The number of carbonyl (C=O) groups excluding carboxylic acids is 1. The summed E-state index contributed by atoms with van der Waals surface area (Å²) in [5, 5.41) is 5.08. The van der Waals surface area contributed by atoms with Gasteiger partial charge in [0.15, 0.2) is 0 Å². The van der Waals surface area contributed by atoms with Crippen molar-refractivity contribution in [1.82, 2.24) is 9.47 Å². The maximum absolute atomic E-state index is 13.7. The lowest BCUT2D eigenvalue weighted by molar-refractivity contribution is 0.161. The predicted octanol–water partition coefficient (Wildman–Crippen LogP) is 7.12. The van der Waals surface area contributed by atoms with Gasteiger partial charge in [-0.15, -0.1) is 11.3 Å². The zero-order valence-corrected chi connectivity index (χ0v) is 19.8. The Morgan fingerprint density at radius 1 is 1.19 bits per heavy atom. The summed E-state index contributed by atoms with van der Waals surface area (Å²) < 4.78 is 2.33. The number of thiophene rings is 1. The molecule has 2 aliphatic rings. The van der Waals surface area contributed by atoms with Gasteiger partial charge in [-0.1, -0.05) is 31.5 Å². The highest BCUT2D eigenvalue weighted by Crippen LogP contribution is 2.44. The van der Waals surface area contributed by atoms with Crippen LogP contribution in [0.1, 0.15) is 60.0 Å². The smallest absolute Gasteiger partial charge is 0.311 e. The van der Waals surface area contributed by atoms with Crippen molar-refractivity contribution in [2.24, 2.45) is 5.92 Å². The zero-order chi connectivity index (χ0) is 21.7. The van der Waals surface area contributed by atoms with Crippen LogP contribution >= 0.6 is 22.9 Å². The zero-order valence-electron chi connectivity index (χ0n) is 18.2. The fraction of sp³-hybridized carbons (Fsp3) is 0.400. The molecule has 3 aromatic rings. The minimum atomic E-state index is -0.0690. The van der Waals surface area contributed by atoms with Gasteiger partial charge in [0, 0.05) is 33.0 Å². The summed E-state index contributed by atoms with van der Waals surface area (Å²) in [6.07, 6.45) is 6.93. The summed E-state index contributed by atoms with van der Waals surface area (Å²) in [6.45, 7) is 7.02. The number of rotatable bonds is 2. The van der Waals surface area contributed by atoms with E-state index < -0.39 is 0 Å². The first kappa shape index (κ1) is 20.7. The second-order valence-electron chi connectivity index (χ2n) is 9.00. The first-order valence-corrected chi connectivity index (χ1v) is 12.3. The van der Waals surface area contributed by atoms with Crippen LogP contribution in [0.5, 0.6) is 0 Å². The number of halogens is 1. The van der Waals surface area contributed by atoms with Gasteiger partial charge in [0.2, 0.25) is 0 Å². The van der Waals surface area contributed by atoms with E-state index in [1.54, 1.807) is 0 Å². The summed E-state index contributed by atoms with van der Waals surface area (Å²) in [5.74, 6) is 0.282. The number of fused-ring (bicyclic) bond motifs is 5. The van der Waals surface area contributed by atoms with E-state index in [0.717, 1.165) is 24.1 Å². The highest BCUT2D eigenvalue weighted by atomic mass is 35.5. The average molecular weight is 454 g/mol. The van der Waals surface area contributed by atoms with Gasteiger partial charge in [-0.2, -0.15) is 0 Å². The highest BCUT2D eigenvalue weighted by Gasteiger charge is 2.36. The number of aromatic nitrogens is 1. The quantitative estimate of drug-likeness (QED) is 0.440. The molecule has 162 valence electrons. The molecule has 1 aliphatic carbocycles. The van der Waals surface area contributed by atoms with E-state index in [-0.39, 0.29) is 18.0 Å². The molecule has 4 nitrogen and oxygen atoms in total. The van der Waals surface area contributed by atoms with Gasteiger partial charge >= 0.3 is 6.03 Å². The van der Waals surface area contributed by atoms with Crippen LogP contribution in [0, 0.1) is 12.8 Å². The van der Waals surface area contributed by atoms with E-state index in [4.69, 9.17) is 11.6 Å². The average Bonchev–Trinajstić information content (AvgIpc) is 3.32. The number of benzene rings is 1. The number of aryl methyl sites for hydroxylation is 2. The van der Waals surface area contributed by atoms with E-state index in [1.807, 2.05) is 41.4 Å². The van der Waals surface area contributed by atoms with Crippen LogP contribution in [0.3, 0.4) is 0 Å². The molecule has 0 spiro atoms. The maximum atomic E-state index is 13.7. The third-order valence-electron chi connectivity index (χ3n) is 6.56. The summed E-state index contributed by atoms with van der Waals surface area (Å²) in [6, 6.07) is 9.83. The van der Waals surface area contributed by atoms with Crippen molar-refractivity contribution in [2.45, 2.75) is 59.0 Å². The molecule has 2 aromatic heterocycles. The van der Waals surface area contributed by atoms with Crippen molar-refractivity contribution in [3.63, 3.8) is 0 Å². The van der Waals surface area contributed by atoms with Crippen LogP contribution in [0.25, 0.3) is 5.00 Å². The lowest BCUT2D eigenvalue weighted by Gasteiger charge is -2.33.